The third-order valence-corrected chi connectivity index (χ3v) is 4.90. The zero-order chi connectivity index (χ0) is 20.5. The molecular weight excluding hydrogens is 368 g/mol. The van der Waals surface area contributed by atoms with Gasteiger partial charge in [-0.05, 0) is 43.7 Å². The number of nitrogens with one attached hydrogen (secondary N) is 1. The molecule has 0 fully saturated rings. The number of aryl methyl sites for hydroxylation is 1. The van der Waals surface area contributed by atoms with Crippen molar-refractivity contribution in [3.05, 3.63) is 64.7 Å². The predicted octanol–water partition coefficient (Wildman–Crippen LogP) is 3.78. The fourth-order valence-corrected chi connectivity index (χ4v) is 3.68. The summed E-state index contributed by atoms with van der Waals surface area (Å²) in [5, 5.41) is 20.2. The number of fused-ring (bicyclic) bond motifs is 1. The minimum Gasteiger partial charge on any atom is -0.494 e. The number of hydrogen-bond acceptors (Lipinski definition) is 4. The summed E-state index contributed by atoms with van der Waals surface area (Å²) in [5.74, 6) is 0.576. The third-order valence-electron chi connectivity index (χ3n) is 4.90. The lowest BCUT2D eigenvalue weighted by molar-refractivity contribution is 0.340. The van der Waals surface area contributed by atoms with Crippen LogP contribution in [0.3, 0.4) is 0 Å². The van der Waals surface area contributed by atoms with E-state index < -0.39 is 5.69 Å². The van der Waals surface area contributed by atoms with E-state index >= 15 is 0 Å². The second-order valence-electron chi connectivity index (χ2n) is 6.55. The highest BCUT2D eigenvalue weighted by Gasteiger charge is 2.18. The lowest BCUT2D eigenvalue weighted by Crippen LogP contribution is -2.13. The van der Waals surface area contributed by atoms with Crippen molar-refractivity contribution in [3.63, 3.8) is 0 Å². The average molecular weight is 388 g/mol. The van der Waals surface area contributed by atoms with E-state index in [4.69, 9.17) is 4.74 Å². The van der Waals surface area contributed by atoms with E-state index in [1.54, 1.807) is 12.1 Å². The fourth-order valence-electron chi connectivity index (χ4n) is 3.68. The van der Waals surface area contributed by atoms with Crippen LogP contribution < -0.4 is 10.4 Å². The first-order valence-electron chi connectivity index (χ1n) is 9.38. The van der Waals surface area contributed by atoms with E-state index in [2.05, 4.69) is 15.6 Å². The molecule has 146 valence electrons. The molecule has 2 N–H and O–H groups in total. The molecule has 7 nitrogen and oxygen atoms in total. The zero-order valence-electron chi connectivity index (χ0n) is 16.1. The smallest absolute Gasteiger partial charge is 0.332 e. The minimum absolute atomic E-state index is 0.193. The molecule has 2 heterocycles. The van der Waals surface area contributed by atoms with E-state index in [-0.39, 0.29) is 5.88 Å². The van der Waals surface area contributed by atoms with Gasteiger partial charge >= 0.3 is 5.69 Å². The quantitative estimate of drug-likeness (QED) is 0.544. The first-order chi connectivity index (χ1) is 14.1. The Balaban J connectivity index is 1.88. The van der Waals surface area contributed by atoms with Crippen LogP contribution in [0.25, 0.3) is 27.8 Å². The molecule has 4 rings (SSSR count). The largest absolute Gasteiger partial charge is 0.494 e. The van der Waals surface area contributed by atoms with Crippen molar-refractivity contribution in [2.24, 2.45) is 0 Å². The molecule has 0 radical (unpaired) electrons. The van der Waals surface area contributed by atoms with E-state index in [9.17, 15) is 15.2 Å². The van der Waals surface area contributed by atoms with Crippen molar-refractivity contribution < 1.29 is 9.84 Å². The molecule has 0 unspecified atom stereocenters. The maximum atomic E-state index is 11.9. The van der Waals surface area contributed by atoms with Gasteiger partial charge in [0, 0.05) is 18.0 Å². The summed E-state index contributed by atoms with van der Waals surface area (Å²) in [6.07, 6.45) is 1.33. The molecule has 0 bridgehead atoms. The van der Waals surface area contributed by atoms with Crippen LogP contribution >= 0.6 is 0 Å². The van der Waals surface area contributed by atoms with Gasteiger partial charge in [0.2, 0.25) is 5.88 Å². The van der Waals surface area contributed by atoms with Gasteiger partial charge in [-0.3, -0.25) is 9.55 Å². The monoisotopic (exact) mass is 388 g/mol. The summed E-state index contributed by atoms with van der Waals surface area (Å²) < 4.78 is 9.05. The van der Waals surface area contributed by atoms with Gasteiger partial charge in [0.15, 0.2) is 0 Å². The van der Waals surface area contributed by atoms with Crippen LogP contribution in [0.2, 0.25) is 0 Å². The van der Waals surface area contributed by atoms with Crippen molar-refractivity contribution in [1.82, 2.24) is 14.1 Å². The Morgan fingerprint density at radius 3 is 2.52 bits per heavy atom. The number of aromatic amines is 1. The minimum atomic E-state index is -0.418. The highest BCUT2D eigenvalue weighted by Crippen LogP contribution is 2.35. The Bertz CT molecular complexity index is 1290. The van der Waals surface area contributed by atoms with E-state index in [0.29, 0.717) is 24.4 Å². The van der Waals surface area contributed by atoms with Crippen LogP contribution in [0.15, 0.2) is 53.5 Å². The Morgan fingerprint density at radius 1 is 1.17 bits per heavy atom. The summed E-state index contributed by atoms with van der Waals surface area (Å²) in [6.45, 7) is 5.24. The van der Waals surface area contributed by atoms with E-state index in [1.807, 2.05) is 44.2 Å². The lowest BCUT2D eigenvalue weighted by atomic mass is 10.1. The molecule has 0 atom stereocenters. The molecule has 0 aliphatic heterocycles. The molecular formula is C22H20N4O3. The SMILES string of the molecule is CCOc1ccc2c(C#N)c(-c3ccc(-n4cc(O)[nH]c4=O)cc3)n(CC)c2c1. The molecule has 2 aromatic carbocycles. The Kier molecular flexibility index (Phi) is 4.61. The molecule has 0 spiro atoms. The highest BCUT2D eigenvalue weighted by molar-refractivity contribution is 5.95. The van der Waals surface area contributed by atoms with Crippen LogP contribution in [-0.4, -0.2) is 25.8 Å². The second kappa shape index (κ2) is 7.24. The van der Waals surface area contributed by atoms with Gasteiger partial charge in [0.05, 0.1) is 35.3 Å². The maximum Gasteiger partial charge on any atom is 0.332 e. The molecule has 0 saturated heterocycles. The molecule has 0 aliphatic carbocycles. The molecule has 0 aliphatic rings. The number of aromatic nitrogens is 3. The number of benzene rings is 2. The van der Waals surface area contributed by atoms with Crippen LogP contribution in [-0.2, 0) is 6.54 Å². The summed E-state index contributed by atoms with van der Waals surface area (Å²) >= 11 is 0. The standard InChI is InChI=1S/C22H20N4O3/c1-3-25-19-11-16(29-4-2)9-10-17(19)18(12-23)21(25)14-5-7-15(8-6-14)26-13-20(27)24-22(26)28/h5-11,13,27H,3-4H2,1-2H3,(H,24,28). The van der Waals surface area contributed by atoms with Crippen LogP contribution in [0.5, 0.6) is 11.6 Å². The van der Waals surface area contributed by atoms with Gasteiger partial charge in [0.25, 0.3) is 0 Å². The van der Waals surface area contributed by atoms with Gasteiger partial charge in [-0.2, -0.15) is 5.26 Å². The second-order valence-corrected chi connectivity index (χ2v) is 6.55. The first-order valence-corrected chi connectivity index (χ1v) is 9.38. The summed E-state index contributed by atoms with van der Waals surface area (Å²) in [4.78, 5) is 14.2. The molecule has 7 heteroatoms. The fraction of sp³-hybridized carbons (Fsp3) is 0.182. The van der Waals surface area contributed by atoms with Crippen molar-refractivity contribution in [2.75, 3.05) is 6.61 Å². The van der Waals surface area contributed by atoms with Crippen molar-refractivity contribution in [3.8, 4) is 34.6 Å². The van der Waals surface area contributed by atoms with Crippen molar-refractivity contribution in [1.29, 1.82) is 5.26 Å². The van der Waals surface area contributed by atoms with Crippen molar-refractivity contribution >= 4 is 10.9 Å². The van der Waals surface area contributed by atoms with Gasteiger partial charge in [-0.25, -0.2) is 4.79 Å². The van der Waals surface area contributed by atoms with Crippen molar-refractivity contribution in [2.45, 2.75) is 20.4 Å². The van der Waals surface area contributed by atoms with Crippen LogP contribution in [0, 0.1) is 11.3 Å². The Labute approximate surface area is 167 Å². The van der Waals surface area contributed by atoms with Crippen LogP contribution in [0.4, 0.5) is 0 Å². The lowest BCUT2D eigenvalue weighted by Gasteiger charge is -2.10. The number of aromatic hydroxyl groups is 1. The number of nitriles is 1. The normalized spacial score (nSPS) is 10.9. The van der Waals surface area contributed by atoms with Gasteiger partial charge in [-0.15, -0.1) is 0 Å². The number of hydrogen-bond donors (Lipinski definition) is 2. The molecule has 4 aromatic rings. The van der Waals surface area contributed by atoms with E-state index in [1.165, 1.54) is 10.8 Å². The number of ether oxygens (including phenoxy) is 1. The number of rotatable bonds is 5. The predicted molar refractivity (Wildman–Crippen MR) is 111 cm³/mol. The summed E-state index contributed by atoms with van der Waals surface area (Å²) in [6, 6.07) is 15.4. The van der Waals surface area contributed by atoms with E-state index in [0.717, 1.165) is 27.9 Å². The van der Waals surface area contributed by atoms with Gasteiger partial charge in [-0.1, -0.05) is 12.1 Å². The first kappa shape index (κ1) is 18.4. The Morgan fingerprint density at radius 2 is 1.93 bits per heavy atom. The summed E-state index contributed by atoms with van der Waals surface area (Å²) in [5.41, 5.74) is 3.45. The Hall–Kier alpha value is -3.92. The van der Waals surface area contributed by atoms with Crippen LogP contribution in [0.1, 0.15) is 19.4 Å². The van der Waals surface area contributed by atoms with Gasteiger partial charge < -0.3 is 14.4 Å². The molecule has 2 aromatic heterocycles. The average Bonchev–Trinajstić information content (AvgIpc) is 3.23. The zero-order valence-corrected chi connectivity index (χ0v) is 16.1. The summed E-state index contributed by atoms with van der Waals surface area (Å²) in [7, 11) is 0. The third kappa shape index (κ3) is 3.05. The topological polar surface area (TPSA) is 96.0 Å². The maximum absolute atomic E-state index is 11.9. The highest BCUT2D eigenvalue weighted by atomic mass is 16.5. The molecule has 0 saturated carbocycles. The number of imidazole rings is 1. The molecule has 29 heavy (non-hydrogen) atoms. The van der Waals surface area contributed by atoms with Gasteiger partial charge in [0.1, 0.15) is 11.8 Å². The number of H-pyrrole nitrogens is 1. The molecule has 0 amide bonds. The number of nitrogens with zero attached hydrogens (tertiary/aromatic N) is 3.